The summed E-state index contributed by atoms with van der Waals surface area (Å²) in [4.78, 5) is 12.4. The van der Waals surface area contributed by atoms with Gasteiger partial charge in [0, 0.05) is 0 Å². The van der Waals surface area contributed by atoms with Gasteiger partial charge in [-0.25, -0.2) is 0 Å². The normalized spacial score (nSPS) is 43.4. The summed E-state index contributed by atoms with van der Waals surface area (Å²) < 4.78 is 6.01. The van der Waals surface area contributed by atoms with E-state index in [1.165, 1.54) is 77.0 Å². The van der Waals surface area contributed by atoms with Crippen molar-refractivity contribution in [1.29, 1.82) is 0 Å². The number of ether oxygens (including phenoxy) is 1. The topological polar surface area (TPSA) is 26.3 Å². The van der Waals surface area contributed by atoms with Gasteiger partial charge < -0.3 is 4.74 Å². The fraction of sp³-hybridized carbons (Fsp3) is 0.969. The molecule has 0 radical (unpaired) electrons. The molecule has 10 atom stereocenters. The van der Waals surface area contributed by atoms with Gasteiger partial charge >= 0.3 is 5.97 Å². The van der Waals surface area contributed by atoms with E-state index in [1.54, 1.807) is 0 Å². The maximum absolute atomic E-state index is 12.4. The Morgan fingerprint density at radius 3 is 2.35 bits per heavy atom. The summed E-state index contributed by atoms with van der Waals surface area (Å²) in [6, 6.07) is 0. The van der Waals surface area contributed by atoms with Crippen LogP contribution in [0.5, 0.6) is 0 Å². The molecule has 4 aliphatic rings. The van der Waals surface area contributed by atoms with Crippen molar-refractivity contribution in [3.05, 3.63) is 0 Å². The van der Waals surface area contributed by atoms with E-state index in [0.29, 0.717) is 10.8 Å². The van der Waals surface area contributed by atoms with Crippen molar-refractivity contribution in [2.45, 2.75) is 144 Å². The molecule has 10 unspecified atom stereocenters. The van der Waals surface area contributed by atoms with Gasteiger partial charge in [0.25, 0.3) is 0 Å². The molecule has 196 valence electrons. The van der Waals surface area contributed by atoms with E-state index < -0.39 is 0 Å². The number of esters is 1. The Balaban J connectivity index is 1.39. The standard InChI is InChI=1S/C32H56O2/c1-7-9-10-11-12-23(4)27-15-16-28-26-14-13-24-21-25(34-30(33)22(3)8-2)17-19-31(24,5)29(26)18-20-32(27,28)6/h22-29H,7-21H2,1-6H3. The molecule has 0 aromatic heterocycles. The monoisotopic (exact) mass is 472 g/mol. The number of fused-ring (bicyclic) bond motifs is 5. The summed E-state index contributed by atoms with van der Waals surface area (Å²) in [6.07, 6.45) is 20.4. The molecule has 0 aliphatic heterocycles. The predicted octanol–water partition coefficient (Wildman–Crippen LogP) is 9.21. The van der Waals surface area contributed by atoms with Gasteiger partial charge in [-0.2, -0.15) is 0 Å². The fourth-order valence-corrected chi connectivity index (χ4v) is 9.84. The minimum absolute atomic E-state index is 0.0408. The van der Waals surface area contributed by atoms with E-state index in [4.69, 9.17) is 4.74 Å². The number of hydrogen-bond donors (Lipinski definition) is 0. The van der Waals surface area contributed by atoms with Crippen LogP contribution in [0.25, 0.3) is 0 Å². The lowest BCUT2D eigenvalue weighted by atomic mass is 9.44. The Morgan fingerprint density at radius 1 is 0.882 bits per heavy atom. The third-order valence-electron chi connectivity index (χ3n) is 12.2. The Hall–Kier alpha value is -0.530. The molecule has 0 spiro atoms. The smallest absolute Gasteiger partial charge is 0.308 e. The van der Waals surface area contributed by atoms with Crippen LogP contribution in [0.3, 0.4) is 0 Å². The third-order valence-corrected chi connectivity index (χ3v) is 12.2. The average molecular weight is 473 g/mol. The summed E-state index contributed by atoms with van der Waals surface area (Å²) in [5, 5.41) is 0. The number of carbonyl (C=O) groups excluding carboxylic acids is 1. The van der Waals surface area contributed by atoms with Gasteiger partial charge in [-0.3, -0.25) is 4.79 Å². The Bertz CT molecular complexity index is 686. The third kappa shape index (κ3) is 4.87. The van der Waals surface area contributed by atoms with Crippen molar-refractivity contribution in [1.82, 2.24) is 0 Å². The van der Waals surface area contributed by atoms with Crippen LogP contribution < -0.4 is 0 Å². The van der Waals surface area contributed by atoms with E-state index >= 15 is 0 Å². The largest absolute Gasteiger partial charge is 0.462 e. The molecular formula is C32H56O2. The number of carbonyl (C=O) groups is 1. The van der Waals surface area contributed by atoms with Gasteiger partial charge in [-0.15, -0.1) is 0 Å². The molecule has 0 heterocycles. The van der Waals surface area contributed by atoms with Crippen LogP contribution in [-0.2, 0) is 9.53 Å². The predicted molar refractivity (Wildman–Crippen MR) is 142 cm³/mol. The summed E-state index contributed by atoms with van der Waals surface area (Å²) >= 11 is 0. The summed E-state index contributed by atoms with van der Waals surface area (Å²) in [6.45, 7) is 14.4. The summed E-state index contributed by atoms with van der Waals surface area (Å²) in [5.41, 5.74) is 1.07. The van der Waals surface area contributed by atoms with Crippen molar-refractivity contribution in [3.63, 3.8) is 0 Å². The molecule has 4 aliphatic carbocycles. The highest BCUT2D eigenvalue weighted by Crippen LogP contribution is 2.68. The molecular weight excluding hydrogens is 416 g/mol. The van der Waals surface area contributed by atoms with Crippen LogP contribution in [0.4, 0.5) is 0 Å². The Morgan fingerprint density at radius 2 is 1.62 bits per heavy atom. The second kappa shape index (κ2) is 10.8. The van der Waals surface area contributed by atoms with Crippen LogP contribution in [0.15, 0.2) is 0 Å². The summed E-state index contributed by atoms with van der Waals surface area (Å²) in [5.74, 6) is 5.55. The molecule has 0 N–H and O–H groups in total. The molecule has 34 heavy (non-hydrogen) atoms. The Kier molecular flexibility index (Phi) is 8.46. The minimum atomic E-state index is 0.0408. The highest BCUT2D eigenvalue weighted by Gasteiger charge is 2.60. The minimum Gasteiger partial charge on any atom is -0.462 e. The first-order valence-corrected chi connectivity index (χ1v) is 15.4. The van der Waals surface area contributed by atoms with Crippen LogP contribution >= 0.6 is 0 Å². The molecule has 0 aromatic rings. The van der Waals surface area contributed by atoms with Crippen LogP contribution in [0.1, 0.15) is 138 Å². The van der Waals surface area contributed by atoms with Crippen molar-refractivity contribution < 1.29 is 9.53 Å². The number of rotatable bonds is 9. The first kappa shape index (κ1) is 26.5. The zero-order chi connectivity index (χ0) is 24.5. The molecule has 0 aromatic carbocycles. The lowest BCUT2D eigenvalue weighted by Crippen LogP contribution is -2.54. The molecule has 2 nitrogen and oxygen atoms in total. The first-order chi connectivity index (χ1) is 16.2. The average Bonchev–Trinajstić information content (AvgIpc) is 3.18. The molecule has 2 heteroatoms. The zero-order valence-corrected chi connectivity index (χ0v) is 23.5. The molecule has 4 rings (SSSR count). The van der Waals surface area contributed by atoms with Gasteiger partial charge in [-0.05, 0) is 111 Å². The van der Waals surface area contributed by atoms with Crippen molar-refractivity contribution in [2.75, 3.05) is 0 Å². The van der Waals surface area contributed by atoms with Gasteiger partial charge in [0.2, 0.25) is 0 Å². The molecule has 4 saturated carbocycles. The van der Waals surface area contributed by atoms with E-state index in [0.717, 1.165) is 54.8 Å². The van der Waals surface area contributed by atoms with Crippen molar-refractivity contribution in [2.24, 2.45) is 52.3 Å². The Labute approximate surface area is 211 Å². The highest BCUT2D eigenvalue weighted by atomic mass is 16.5. The fourth-order valence-electron chi connectivity index (χ4n) is 9.84. The van der Waals surface area contributed by atoms with E-state index in [9.17, 15) is 4.79 Å². The zero-order valence-electron chi connectivity index (χ0n) is 23.5. The lowest BCUT2D eigenvalue weighted by molar-refractivity contribution is -0.166. The second-order valence-corrected chi connectivity index (χ2v) is 13.9. The van der Waals surface area contributed by atoms with Gasteiger partial charge in [0.15, 0.2) is 0 Å². The van der Waals surface area contributed by atoms with Crippen molar-refractivity contribution in [3.8, 4) is 0 Å². The maximum Gasteiger partial charge on any atom is 0.308 e. The van der Waals surface area contributed by atoms with Crippen LogP contribution in [0, 0.1) is 52.3 Å². The summed E-state index contributed by atoms with van der Waals surface area (Å²) in [7, 11) is 0. The second-order valence-electron chi connectivity index (χ2n) is 13.9. The van der Waals surface area contributed by atoms with Crippen LogP contribution in [0.2, 0.25) is 0 Å². The molecule has 0 bridgehead atoms. The number of unbranched alkanes of at least 4 members (excludes halogenated alkanes) is 3. The first-order valence-electron chi connectivity index (χ1n) is 15.4. The van der Waals surface area contributed by atoms with Gasteiger partial charge in [0.05, 0.1) is 5.92 Å². The molecule has 0 saturated heterocycles. The van der Waals surface area contributed by atoms with E-state index in [2.05, 4.69) is 34.6 Å². The van der Waals surface area contributed by atoms with Crippen LogP contribution in [-0.4, -0.2) is 12.1 Å². The number of hydrogen-bond acceptors (Lipinski definition) is 2. The molecule has 4 fully saturated rings. The van der Waals surface area contributed by atoms with E-state index in [1.807, 2.05) is 6.92 Å². The molecule has 0 amide bonds. The van der Waals surface area contributed by atoms with Gasteiger partial charge in [-0.1, -0.05) is 73.6 Å². The highest BCUT2D eigenvalue weighted by molar-refractivity contribution is 5.72. The maximum atomic E-state index is 12.4. The quantitative estimate of drug-likeness (QED) is 0.247. The van der Waals surface area contributed by atoms with Gasteiger partial charge in [0.1, 0.15) is 6.10 Å². The SMILES string of the molecule is CCCCCCC(C)C1CCC2C3CCC4CC(OC(=O)C(C)CC)CCC4(C)C3CCC12C. The van der Waals surface area contributed by atoms with E-state index in [-0.39, 0.29) is 18.0 Å². The van der Waals surface area contributed by atoms with Crippen molar-refractivity contribution >= 4 is 5.97 Å². The lowest BCUT2D eigenvalue weighted by Gasteiger charge is -2.61.